The first-order valence-corrected chi connectivity index (χ1v) is 7.17. The fourth-order valence-electron chi connectivity index (χ4n) is 2.93. The first-order chi connectivity index (χ1) is 8.72. The predicted octanol–water partition coefficient (Wildman–Crippen LogP) is 2.68. The van der Waals surface area contributed by atoms with Crippen LogP contribution in [0, 0.1) is 5.92 Å². The van der Waals surface area contributed by atoms with Gasteiger partial charge in [-0.2, -0.15) is 0 Å². The SMILES string of the molecule is CNCC(C)C(C)N1CCCc2ccccc2C1. The molecule has 0 aliphatic carbocycles. The van der Waals surface area contributed by atoms with Crippen LogP contribution < -0.4 is 5.32 Å². The van der Waals surface area contributed by atoms with Crippen LogP contribution in [0.25, 0.3) is 0 Å². The quantitative estimate of drug-likeness (QED) is 0.878. The number of benzene rings is 1. The molecule has 0 fully saturated rings. The number of nitrogens with zero attached hydrogens (tertiary/aromatic N) is 1. The molecule has 1 aromatic rings. The van der Waals surface area contributed by atoms with Crippen molar-refractivity contribution < 1.29 is 0 Å². The number of aryl methyl sites for hydroxylation is 1. The number of hydrogen-bond donors (Lipinski definition) is 1. The fraction of sp³-hybridized carbons (Fsp3) is 0.625. The van der Waals surface area contributed by atoms with Gasteiger partial charge in [-0.1, -0.05) is 31.2 Å². The van der Waals surface area contributed by atoms with Crippen molar-refractivity contribution in [3.05, 3.63) is 35.4 Å². The van der Waals surface area contributed by atoms with E-state index in [0.29, 0.717) is 12.0 Å². The summed E-state index contributed by atoms with van der Waals surface area (Å²) in [7, 11) is 2.04. The van der Waals surface area contributed by atoms with Crippen LogP contribution >= 0.6 is 0 Å². The van der Waals surface area contributed by atoms with Gasteiger partial charge in [0.25, 0.3) is 0 Å². The van der Waals surface area contributed by atoms with E-state index in [1.807, 2.05) is 7.05 Å². The van der Waals surface area contributed by atoms with E-state index < -0.39 is 0 Å². The van der Waals surface area contributed by atoms with Crippen molar-refractivity contribution in [3.63, 3.8) is 0 Å². The van der Waals surface area contributed by atoms with Crippen molar-refractivity contribution >= 4 is 0 Å². The maximum Gasteiger partial charge on any atom is 0.0239 e. The monoisotopic (exact) mass is 246 g/mol. The van der Waals surface area contributed by atoms with Crippen molar-refractivity contribution in [2.75, 3.05) is 20.1 Å². The van der Waals surface area contributed by atoms with Gasteiger partial charge in [-0.3, -0.25) is 4.90 Å². The van der Waals surface area contributed by atoms with Gasteiger partial charge in [0.05, 0.1) is 0 Å². The average molecular weight is 246 g/mol. The first-order valence-electron chi connectivity index (χ1n) is 7.17. The number of nitrogens with one attached hydrogen (secondary N) is 1. The van der Waals surface area contributed by atoms with Crippen molar-refractivity contribution in [2.24, 2.45) is 5.92 Å². The molecule has 18 heavy (non-hydrogen) atoms. The lowest BCUT2D eigenvalue weighted by Gasteiger charge is -2.32. The van der Waals surface area contributed by atoms with Gasteiger partial charge in [-0.25, -0.2) is 0 Å². The Kier molecular flexibility index (Phi) is 4.79. The fourth-order valence-corrected chi connectivity index (χ4v) is 2.93. The van der Waals surface area contributed by atoms with Gasteiger partial charge in [-0.15, -0.1) is 0 Å². The topological polar surface area (TPSA) is 15.3 Å². The van der Waals surface area contributed by atoms with E-state index in [2.05, 4.69) is 48.3 Å². The highest BCUT2D eigenvalue weighted by Crippen LogP contribution is 2.22. The van der Waals surface area contributed by atoms with E-state index in [1.54, 1.807) is 5.56 Å². The minimum atomic E-state index is 0.642. The van der Waals surface area contributed by atoms with E-state index in [9.17, 15) is 0 Å². The van der Waals surface area contributed by atoms with Crippen molar-refractivity contribution in [1.82, 2.24) is 10.2 Å². The maximum atomic E-state index is 3.30. The van der Waals surface area contributed by atoms with Gasteiger partial charge < -0.3 is 5.32 Å². The van der Waals surface area contributed by atoms with Crippen LogP contribution in [0.3, 0.4) is 0 Å². The van der Waals surface area contributed by atoms with E-state index >= 15 is 0 Å². The second-order valence-electron chi connectivity index (χ2n) is 5.62. The van der Waals surface area contributed by atoms with Crippen LogP contribution in [-0.4, -0.2) is 31.1 Å². The molecule has 1 N–H and O–H groups in total. The molecule has 0 amide bonds. The average Bonchev–Trinajstić information content (AvgIpc) is 2.60. The highest BCUT2D eigenvalue weighted by atomic mass is 15.2. The van der Waals surface area contributed by atoms with E-state index in [1.165, 1.54) is 24.9 Å². The predicted molar refractivity (Wildman–Crippen MR) is 77.7 cm³/mol. The molecule has 2 unspecified atom stereocenters. The maximum absolute atomic E-state index is 3.30. The minimum Gasteiger partial charge on any atom is -0.319 e. The van der Waals surface area contributed by atoms with Crippen LogP contribution in [0.5, 0.6) is 0 Å². The molecule has 0 bridgehead atoms. The smallest absolute Gasteiger partial charge is 0.0239 e. The summed E-state index contributed by atoms with van der Waals surface area (Å²) in [5, 5.41) is 3.30. The molecule has 1 aromatic carbocycles. The summed E-state index contributed by atoms with van der Waals surface area (Å²) < 4.78 is 0. The summed E-state index contributed by atoms with van der Waals surface area (Å²) in [5.41, 5.74) is 3.08. The molecule has 2 nitrogen and oxygen atoms in total. The van der Waals surface area contributed by atoms with Gasteiger partial charge in [-0.05, 0) is 56.9 Å². The molecule has 0 saturated heterocycles. The molecular weight excluding hydrogens is 220 g/mol. The summed E-state index contributed by atoms with van der Waals surface area (Å²) >= 11 is 0. The van der Waals surface area contributed by atoms with Gasteiger partial charge in [0.2, 0.25) is 0 Å². The Labute approximate surface area is 111 Å². The molecular formula is C16H26N2. The van der Waals surface area contributed by atoms with E-state index in [4.69, 9.17) is 0 Å². The summed E-state index contributed by atoms with van der Waals surface area (Å²) in [6.45, 7) is 8.16. The molecule has 2 heteroatoms. The lowest BCUT2D eigenvalue weighted by molar-refractivity contribution is 0.155. The second-order valence-corrected chi connectivity index (χ2v) is 5.62. The van der Waals surface area contributed by atoms with E-state index in [-0.39, 0.29) is 0 Å². The standard InChI is InChI=1S/C16H26N2/c1-13(11-17-3)14(2)18-10-6-9-15-7-4-5-8-16(15)12-18/h4-5,7-8,13-14,17H,6,9-12H2,1-3H3. The third kappa shape index (κ3) is 3.12. The summed E-state index contributed by atoms with van der Waals surface area (Å²) in [6.07, 6.45) is 2.52. The molecule has 1 heterocycles. The Morgan fingerprint density at radius 3 is 2.67 bits per heavy atom. The largest absolute Gasteiger partial charge is 0.319 e. The van der Waals surface area contributed by atoms with Crippen molar-refractivity contribution in [1.29, 1.82) is 0 Å². The van der Waals surface area contributed by atoms with Crippen LogP contribution in [0.4, 0.5) is 0 Å². The third-order valence-corrected chi connectivity index (χ3v) is 4.31. The van der Waals surface area contributed by atoms with Gasteiger partial charge >= 0.3 is 0 Å². The molecule has 0 saturated carbocycles. The number of hydrogen-bond acceptors (Lipinski definition) is 2. The number of fused-ring (bicyclic) bond motifs is 1. The normalized spacial score (nSPS) is 19.9. The van der Waals surface area contributed by atoms with Crippen molar-refractivity contribution in [2.45, 2.75) is 39.3 Å². The Morgan fingerprint density at radius 1 is 1.22 bits per heavy atom. The molecule has 0 spiro atoms. The first kappa shape index (κ1) is 13.6. The minimum absolute atomic E-state index is 0.642. The zero-order chi connectivity index (χ0) is 13.0. The summed E-state index contributed by atoms with van der Waals surface area (Å²) in [4.78, 5) is 2.65. The zero-order valence-corrected chi connectivity index (χ0v) is 11.9. The van der Waals surface area contributed by atoms with Crippen LogP contribution in [0.2, 0.25) is 0 Å². The molecule has 0 radical (unpaired) electrons. The molecule has 2 rings (SSSR count). The van der Waals surface area contributed by atoms with Gasteiger partial charge in [0.1, 0.15) is 0 Å². The van der Waals surface area contributed by atoms with Crippen LogP contribution in [0.1, 0.15) is 31.4 Å². The summed E-state index contributed by atoms with van der Waals surface area (Å²) in [5.74, 6) is 0.695. The lowest BCUT2D eigenvalue weighted by atomic mass is 10.0. The Morgan fingerprint density at radius 2 is 1.94 bits per heavy atom. The van der Waals surface area contributed by atoms with Gasteiger partial charge in [0, 0.05) is 12.6 Å². The van der Waals surface area contributed by atoms with Gasteiger partial charge in [0.15, 0.2) is 0 Å². The van der Waals surface area contributed by atoms with Crippen LogP contribution in [-0.2, 0) is 13.0 Å². The molecule has 2 atom stereocenters. The zero-order valence-electron chi connectivity index (χ0n) is 11.9. The van der Waals surface area contributed by atoms with E-state index in [0.717, 1.165) is 13.1 Å². The molecule has 0 aromatic heterocycles. The summed E-state index contributed by atoms with van der Waals surface area (Å²) in [6, 6.07) is 9.57. The highest BCUT2D eigenvalue weighted by molar-refractivity contribution is 5.28. The molecule has 1 aliphatic heterocycles. The Hall–Kier alpha value is -0.860. The third-order valence-electron chi connectivity index (χ3n) is 4.31. The lowest BCUT2D eigenvalue weighted by Crippen LogP contribution is -2.40. The van der Waals surface area contributed by atoms with Crippen molar-refractivity contribution in [3.8, 4) is 0 Å². The number of rotatable bonds is 4. The Bertz CT molecular complexity index is 375. The highest BCUT2D eigenvalue weighted by Gasteiger charge is 2.22. The second kappa shape index (κ2) is 6.35. The molecule has 1 aliphatic rings. The molecule has 100 valence electrons. The van der Waals surface area contributed by atoms with Crippen LogP contribution in [0.15, 0.2) is 24.3 Å². The Balaban J connectivity index is 2.07.